The van der Waals surface area contributed by atoms with Crippen molar-refractivity contribution in [3.63, 3.8) is 0 Å². The third-order valence-electron chi connectivity index (χ3n) is 5.62. The van der Waals surface area contributed by atoms with Gasteiger partial charge in [0.05, 0.1) is 6.10 Å². The van der Waals surface area contributed by atoms with Crippen LogP contribution in [0.3, 0.4) is 0 Å². The normalized spacial score (nSPS) is 21.3. The van der Waals surface area contributed by atoms with Crippen LogP contribution in [0.25, 0.3) is 0 Å². The van der Waals surface area contributed by atoms with Crippen LogP contribution in [0.5, 0.6) is 0 Å². The fourth-order valence-electron chi connectivity index (χ4n) is 4.03. The van der Waals surface area contributed by atoms with Gasteiger partial charge in [0, 0.05) is 40.5 Å². The number of nitrogens with one attached hydrogen (secondary N) is 2. The highest BCUT2D eigenvalue weighted by molar-refractivity contribution is 5.79. The molecule has 24 heavy (non-hydrogen) atoms. The zero-order chi connectivity index (χ0) is 17.1. The predicted molar refractivity (Wildman–Crippen MR) is 99.6 cm³/mol. The Kier molecular flexibility index (Phi) is 8.89. The highest BCUT2D eigenvalue weighted by Crippen LogP contribution is 2.40. The summed E-state index contributed by atoms with van der Waals surface area (Å²) in [6.07, 6.45) is 13.2. The van der Waals surface area contributed by atoms with Crippen molar-refractivity contribution in [3.05, 3.63) is 0 Å². The zero-order valence-electron chi connectivity index (χ0n) is 15.7. The molecule has 2 saturated carbocycles. The van der Waals surface area contributed by atoms with Gasteiger partial charge in [-0.15, -0.1) is 0 Å². The number of ether oxygens (including phenoxy) is 2. The molecule has 0 amide bonds. The van der Waals surface area contributed by atoms with Crippen molar-refractivity contribution in [1.29, 1.82) is 0 Å². The Hall–Kier alpha value is -0.810. The van der Waals surface area contributed by atoms with E-state index in [1.165, 1.54) is 51.4 Å². The molecule has 2 aliphatic carbocycles. The number of aliphatic imine (C=N–C) groups is 1. The Morgan fingerprint density at radius 2 is 1.83 bits per heavy atom. The first kappa shape index (κ1) is 19.5. The summed E-state index contributed by atoms with van der Waals surface area (Å²) in [6, 6.07) is 0. The van der Waals surface area contributed by atoms with E-state index in [0.29, 0.717) is 11.5 Å². The van der Waals surface area contributed by atoms with Crippen molar-refractivity contribution in [2.75, 3.05) is 40.5 Å². The molecule has 0 saturated heterocycles. The van der Waals surface area contributed by atoms with E-state index in [4.69, 9.17) is 9.47 Å². The third kappa shape index (κ3) is 6.60. The highest BCUT2D eigenvalue weighted by atomic mass is 16.5. The molecule has 5 heteroatoms. The van der Waals surface area contributed by atoms with Crippen molar-refractivity contribution >= 4 is 5.96 Å². The van der Waals surface area contributed by atoms with Crippen LogP contribution in [0.1, 0.15) is 64.2 Å². The molecule has 0 aromatic carbocycles. The number of methoxy groups -OCH3 is 1. The Labute approximate surface area is 148 Å². The quantitative estimate of drug-likeness (QED) is 0.365. The Morgan fingerprint density at radius 1 is 1.08 bits per heavy atom. The molecule has 0 heterocycles. The summed E-state index contributed by atoms with van der Waals surface area (Å²) in [7, 11) is 3.64. The molecule has 5 nitrogen and oxygen atoms in total. The Balaban J connectivity index is 1.60. The molecule has 2 N–H and O–H groups in total. The van der Waals surface area contributed by atoms with Crippen LogP contribution in [0, 0.1) is 5.41 Å². The highest BCUT2D eigenvalue weighted by Gasteiger charge is 2.33. The van der Waals surface area contributed by atoms with Crippen molar-refractivity contribution in [1.82, 2.24) is 10.6 Å². The maximum atomic E-state index is 5.91. The van der Waals surface area contributed by atoms with Crippen molar-refractivity contribution < 1.29 is 9.47 Å². The number of hydrogen-bond acceptors (Lipinski definition) is 3. The van der Waals surface area contributed by atoms with E-state index >= 15 is 0 Å². The molecule has 0 radical (unpaired) electrons. The molecule has 0 spiro atoms. The minimum atomic E-state index is 0.388. The molecule has 140 valence electrons. The van der Waals surface area contributed by atoms with Crippen LogP contribution in [-0.2, 0) is 9.47 Å². The SMILES string of the molecule is CN=C(NCCCOC1CCCC1)NCC1(CCOC)CCCC1. The minimum Gasteiger partial charge on any atom is -0.385 e. The fourth-order valence-corrected chi connectivity index (χ4v) is 4.03. The third-order valence-corrected chi connectivity index (χ3v) is 5.62. The predicted octanol–water partition coefficient (Wildman–Crippen LogP) is 3.10. The monoisotopic (exact) mass is 339 g/mol. The second-order valence-corrected chi connectivity index (χ2v) is 7.43. The van der Waals surface area contributed by atoms with Gasteiger partial charge in [-0.25, -0.2) is 0 Å². The number of hydrogen-bond donors (Lipinski definition) is 2. The van der Waals surface area contributed by atoms with Gasteiger partial charge in [-0.2, -0.15) is 0 Å². The topological polar surface area (TPSA) is 54.9 Å². The number of guanidine groups is 1. The van der Waals surface area contributed by atoms with Crippen molar-refractivity contribution in [3.8, 4) is 0 Å². The van der Waals surface area contributed by atoms with Crippen LogP contribution in [-0.4, -0.2) is 52.5 Å². The molecule has 0 aliphatic heterocycles. The maximum Gasteiger partial charge on any atom is 0.190 e. The average Bonchev–Trinajstić information content (AvgIpc) is 3.28. The van der Waals surface area contributed by atoms with Crippen molar-refractivity contribution in [2.24, 2.45) is 10.4 Å². The maximum absolute atomic E-state index is 5.91. The van der Waals surface area contributed by atoms with Crippen LogP contribution in [0.4, 0.5) is 0 Å². The summed E-state index contributed by atoms with van der Waals surface area (Å²) in [4.78, 5) is 4.36. The Morgan fingerprint density at radius 3 is 2.50 bits per heavy atom. The lowest BCUT2D eigenvalue weighted by Gasteiger charge is -2.30. The summed E-state index contributed by atoms with van der Waals surface area (Å²) in [5.74, 6) is 0.916. The van der Waals surface area contributed by atoms with Crippen molar-refractivity contribution in [2.45, 2.75) is 70.3 Å². The summed E-state index contributed by atoms with van der Waals surface area (Å²) >= 11 is 0. The first-order chi connectivity index (χ1) is 11.8. The molecule has 2 rings (SSSR count). The lowest BCUT2D eigenvalue weighted by Crippen LogP contribution is -2.43. The van der Waals surface area contributed by atoms with Gasteiger partial charge in [0.2, 0.25) is 0 Å². The largest absolute Gasteiger partial charge is 0.385 e. The van der Waals surface area contributed by atoms with Gasteiger partial charge >= 0.3 is 0 Å². The lowest BCUT2D eigenvalue weighted by atomic mass is 9.83. The molecular weight excluding hydrogens is 302 g/mol. The van der Waals surface area contributed by atoms with E-state index in [1.807, 2.05) is 7.05 Å². The van der Waals surface area contributed by atoms with E-state index in [1.54, 1.807) is 7.11 Å². The summed E-state index contributed by atoms with van der Waals surface area (Å²) in [5.41, 5.74) is 0.388. The zero-order valence-corrected chi connectivity index (χ0v) is 15.7. The van der Waals surface area contributed by atoms with Gasteiger partial charge in [0.15, 0.2) is 5.96 Å². The molecule has 0 aromatic heterocycles. The number of nitrogens with zero attached hydrogens (tertiary/aromatic N) is 1. The lowest BCUT2D eigenvalue weighted by molar-refractivity contribution is 0.0573. The van der Waals surface area contributed by atoms with Gasteiger partial charge in [-0.1, -0.05) is 25.7 Å². The van der Waals surface area contributed by atoms with Gasteiger partial charge in [-0.05, 0) is 43.9 Å². The molecular formula is C19H37N3O2. The molecule has 2 fully saturated rings. The van der Waals surface area contributed by atoms with E-state index in [-0.39, 0.29) is 0 Å². The smallest absolute Gasteiger partial charge is 0.190 e. The molecule has 0 bridgehead atoms. The molecule has 0 unspecified atom stereocenters. The molecule has 2 aliphatic rings. The van der Waals surface area contributed by atoms with Gasteiger partial charge in [0.1, 0.15) is 0 Å². The van der Waals surface area contributed by atoms with E-state index in [0.717, 1.165) is 45.1 Å². The van der Waals surface area contributed by atoms with E-state index in [9.17, 15) is 0 Å². The van der Waals surface area contributed by atoms with Gasteiger partial charge in [0.25, 0.3) is 0 Å². The van der Waals surface area contributed by atoms with Gasteiger partial charge < -0.3 is 20.1 Å². The van der Waals surface area contributed by atoms with Crippen LogP contribution < -0.4 is 10.6 Å². The summed E-state index contributed by atoms with van der Waals surface area (Å²) in [6.45, 7) is 3.62. The van der Waals surface area contributed by atoms with Crippen LogP contribution in [0.2, 0.25) is 0 Å². The second-order valence-electron chi connectivity index (χ2n) is 7.43. The van der Waals surface area contributed by atoms with E-state index in [2.05, 4.69) is 15.6 Å². The Bertz CT molecular complexity index is 362. The standard InChI is InChI=1S/C19H37N3O2/c1-20-18(21-13-7-14-24-17-8-3-4-9-17)22-16-19(12-15-23-2)10-5-6-11-19/h17H,3-16H2,1-2H3,(H2,20,21,22). The second kappa shape index (κ2) is 10.9. The molecule has 0 aromatic rings. The first-order valence-electron chi connectivity index (χ1n) is 9.83. The van der Waals surface area contributed by atoms with Crippen LogP contribution in [0.15, 0.2) is 4.99 Å². The summed E-state index contributed by atoms with van der Waals surface area (Å²) < 4.78 is 11.2. The minimum absolute atomic E-state index is 0.388. The number of rotatable bonds is 10. The molecule has 0 atom stereocenters. The van der Waals surface area contributed by atoms with Gasteiger partial charge in [-0.3, -0.25) is 4.99 Å². The average molecular weight is 340 g/mol. The van der Waals surface area contributed by atoms with Crippen LogP contribution >= 0.6 is 0 Å². The first-order valence-corrected chi connectivity index (χ1v) is 9.83. The summed E-state index contributed by atoms with van der Waals surface area (Å²) in [5, 5.41) is 6.96. The van der Waals surface area contributed by atoms with E-state index < -0.39 is 0 Å². The fraction of sp³-hybridized carbons (Fsp3) is 0.947.